The lowest BCUT2D eigenvalue weighted by atomic mass is 10.2. The highest BCUT2D eigenvalue weighted by atomic mass is 16.4. The monoisotopic (exact) mass is 214 g/mol. The largest absolute Gasteiger partial charge is 0.481 e. The maximum absolute atomic E-state index is 11.5. The Kier molecular flexibility index (Phi) is 3.68. The molecule has 0 saturated heterocycles. The van der Waals surface area contributed by atoms with Gasteiger partial charge in [-0.05, 0) is 27.4 Å². The van der Waals surface area contributed by atoms with Gasteiger partial charge in [0.25, 0.3) is 0 Å². The van der Waals surface area contributed by atoms with Gasteiger partial charge in [0.05, 0.1) is 11.8 Å². The van der Waals surface area contributed by atoms with Gasteiger partial charge in [-0.2, -0.15) is 0 Å². The van der Waals surface area contributed by atoms with E-state index in [1.807, 2.05) is 25.9 Å². The zero-order chi connectivity index (χ0) is 11.6. The van der Waals surface area contributed by atoms with Gasteiger partial charge in [0.15, 0.2) is 0 Å². The summed E-state index contributed by atoms with van der Waals surface area (Å²) < 4.78 is 0. The van der Waals surface area contributed by atoms with Gasteiger partial charge in [0, 0.05) is 12.6 Å². The fraction of sp³-hybridized carbons (Fsp3) is 0.800. The molecule has 0 bridgehead atoms. The maximum atomic E-state index is 11.5. The molecule has 0 aromatic heterocycles. The minimum absolute atomic E-state index is 0.129. The van der Waals surface area contributed by atoms with E-state index < -0.39 is 11.9 Å². The third kappa shape index (κ3) is 3.20. The molecule has 2 N–H and O–H groups in total. The number of carboxylic acid groups (broad SMARTS) is 1. The molecule has 5 heteroatoms. The van der Waals surface area contributed by atoms with Crippen LogP contribution in [0.3, 0.4) is 0 Å². The highest BCUT2D eigenvalue weighted by Crippen LogP contribution is 2.38. The van der Waals surface area contributed by atoms with Crippen molar-refractivity contribution in [3.63, 3.8) is 0 Å². The van der Waals surface area contributed by atoms with Gasteiger partial charge in [-0.3, -0.25) is 9.59 Å². The molecule has 1 fully saturated rings. The number of nitrogens with one attached hydrogen (secondary N) is 1. The molecule has 1 saturated carbocycles. The first-order valence-electron chi connectivity index (χ1n) is 5.10. The quantitative estimate of drug-likeness (QED) is 0.663. The van der Waals surface area contributed by atoms with Crippen LogP contribution in [0.15, 0.2) is 0 Å². The number of hydrogen-bond donors (Lipinski definition) is 2. The van der Waals surface area contributed by atoms with Crippen LogP contribution in [-0.4, -0.2) is 48.6 Å². The van der Waals surface area contributed by atoms with Gasteiger partial charge >= 0.3 is 5.97 Å². The summed E-state index contributed by atoms with van der Waals surface area (Å²) in [5, 5.41) is 11.4. The minimum atomic E-state index is -0.865. The highest BCUT2D eigenvalue weighted by molar-refractivity contribution is 5.89. The van der Waals surface area contributed by atoms with E-state index in [2.05, 4.69) is 5.32 Å². The summed E-state index contributed by atoms with van der Waals surface area (Å²) in [6, 6.07) is 0.260. The first-order valence-corrected chi connectivity index (χ1v) is 5.10. The standard InChI is InChI=1S/C10H18N2O3/c1-6(12(2)3)5-11-9(13)7-4-8(7)10(14)15/h6-8H,4-5H2,1-3H3,(H,11,13)(H,14,15). The van der Waals surface area contributed by atoms with Crippen LogP contribution < -0.4 is 5.32 Å². The predicted molar refractivity (Wildman–Crippen MR) is 55.4 cm³/mol. The van der Waals surface area contributed by atoms with E-state index in [-0.39, 0.29) is 17.9 Å². The van der Waals surface area contributed by atoms with Crippen LogP contribution in [0.25, 0.3) is 0 Å². The van der Waals surface area contributed by atoms with Crippen LogP contribution >= 0.6 is 0 Å². The number of hydrogen-bond acceptors (Lipinski definition) is 3. The van der Waals surface area contributed by atoms with E-state index in [4.69, 9.17) is 5.11 Å². The van der Waals surface area contributed by atoms with Gasteiger partial charge in [0.1, 0.15) is 0 Å². The number of rotatable bonds is 5. The van der Waals surface area contributed by atoms with Gasteiger partial charge < -0.3 is 15.3 Å². The molecule has 0 spiro atoms. The van der Waals surface area contributed by atoms with Gasteiger partial charge in [-0.15, -0.1) is 0 Å². The number of aliphatic carboxylic acids is 1. The van der Waals surface area contributed by atoms with E-state index >= 15 is 0 Å². The molecule has 5 nitrogen and oxygen atoms in total. The molecule has 3 unspecified atom stereocenters. The summed E-state index contributed by atoms with van der Waals surface area (Å²) >= 11 is 0. The van der Waals surface area contributed by atoms with Crippen molar-refractivity contribution in [3.05, 3.63) is 0 Å². The van der Waals surface area contributed by atoms with Gasteiger partial charge in [-0.1, -0.05) is 0 Å². The Morgan fingerprint density at radius 2 is 2.07 bits per heavy atom. The summed E-state index contributed by atoms with van der Waals surface area (Å²) in [5.41, 5.74) is 0. The number of carbonyl (C=O) groups is 2. The maximum Gasteiger partial charge on any atom is 0.307 e. The molecule has 86 valence electrons. The first-order chi connectivity index (χ1) is 6.93. The Morgan fingerprint density at radius 1 is 1.47 bits per heavy atom. The van der Waals surface area contributed by atoms with Crippen molar-refractivity contribution in [2.75, 3.05) is 20.6 Å². The SMILES string of the molecule is CC(CNC(=O)C1CC1C(=O)O)N(C)C. The van der Waals surface area contributed by atoms with Crippen LogP contribution in [0.4, 0.5) is 0 Å². The molecule has 1 aliphatic rings. The van der Waals surface area contributed by atoms with Gasteiger partial charge in [-0.25, -0.2) is 0 Å². The number of carboxylic acids is 1. The highest BCUT2D eigenvalue weighted by Gasteiger charge is 2.48. The van der Waals surface area contributed by atoms with Crippen LogP contribution in [-0.2, 0) is 9.59 Å². The number of carbonyl (C=O) groups excluding carboxylic acids is 1. The van der Waals surface area contributed by atoms with Crippen molar-refractivity contribution in [2.45, 2.75) is 19.4 Å². The third-order valence-corrected chi connectivity index (χ3v) is 2.90. The fourth-order valence-electron chi connectivity index (χ4n) is 1.32. The second-order valence-electron chi connectivity index (χ2n) is 4.34. The van der Waals surface area contributed by atoms with E-state index in [0.29, 0.717) is 13.0 Å². The third-order valence-electron chi connectivity index (χ3n) is 2.90. The molecule has 1 aliphatic carbocycles. The lowest BCUT2D eigenvalue weighted by Crippen LogP contribution is -2.39. The zero-order valence-corrected chi connectivity index (χ0v) is 9.36. The van der Waals surface area contributed by atoms with E-state index in [9.17, 15) is 9.59 Å². The smallest absolute Gasteiger partial charge is 0.307 e. The molecule has 3 atom stereocenters. The van der Waals surface area contributed by atoms with Crippen LogP contribution in [0, 0.1) is 11.8 Å². The van der Waals surface area contributed by atoms with Crippen molar-refractivity contribution < 1.29 is 14.7 Å². The first kappa shape index (κ1) is 12.0. The molecule has 0 aromatic rings. The van der Waals surface area contributed by atoms with Crippen molar-refractivity contribution in [1.29, 1.82) is 0 Å². The van der Waals surface area contributed by atoms with Crippen LogP contribution in [0.5, 0.6) is 0 Å². The Bertz CT molecular complexity index is 265. The summed E-state index contributed by atoms with van der Waals surface area (Å²) in [7, 11) is 3.88. The minimum Gasteiger partial charge on any atom is -0.481 e. The Morgan fingerprint density at radius 3 is 2.47 bits per heavy atom. The summed E-state index contributed by atoms with van der Waals surface area (Å²) in [6.45, 7) is 2.57. The lowest BCUT2D eigenvalue weighted by molar-refractivity contribution is -0.140. The van der Waals surface area contributed by atoms with Crippen molar-refractivity contribution in [1.82, 2.24) is 10.2 Å². The molecule has 0 aliphatic heterocycles. The second kappa shape index (κ2) is 4.61. The summed E-state index contributed by atoms with van der Waals surface area (Å²) in [6.07, 6.45) is 0.484. The number of likely N-dealkylation sites (N-methyl/N-ethyl adjacent to an activating group) is 1. The zero-order valence-electron chi connectivity index (χ0n) is 9.36. The van der Waals surface area contributed by atoms with Crippen LogP contribution in [0.2, 0.25) is 0 Å². The molecule has 1 rings (SSSR count). The van der Waals surface area contributed by atoms with Crippen molar-refractivity contribution >= 4 is 11.9 Å². The molecule has 0 heterocycles. The van der Waals surface area contributed by atoms with E-state index in [1.165, 1.54) is 0 Å². The molecule has 15 heavy (non-hydrogen) atoms. The fourth-order valence-corrected chi connectivity index (χ4v) is 1.32. The molecular formula is C10H18N2O3. The Labute approximate surface area is 89.4 Å². The molecule has 0 aromatic carbocycles. The Balaban J connectivity index is 2.24. The molecule has 0 radical (unpaired) electrons. The summed E-state index contributed by atoms with van der Waals surface area (Å²) in [5.74, 6) is -1.76. The number of amides is 1. The molecular weight excluding hydrogens is 196 g/mol. The van der Waals surface area contributed by atoms with E-state index in [0.717, 1.165) is 0 Å². The summed E-state index contributed by atoms with van der Waals surface area (Å²) in [4.78, 5) is 24.0. The van der Waals surface area contributed by atoms with Crippen molar-refractivity contribution in [2.24, 2.45) is 11.8 Å². The Hall–Kier alpha value is -1.10. The average molecular weight is 214 g/mol. The lowest BCUT2D eigenvalue weighted by Gasteiger charge is -2.19. The van der Waals surface area contributed by atoms with Gasteiger partial charge in [0.2, 0.25) is 5.91 Å². The van der Waals surface area contributed by atoms with Crippen molar-refractivity contribution in [3.8, 4) is 0 Å². The normalized spacial score (nSPS) is 26.1. The number of nitrogens with zero attached hydrogens (tertiary/aromatic N) is 1. The second-order valence-corrected chi connectivity index (χ2v) is 4.34. The van der Waals surface area contributed by atoms with Crippen LogP contribution in [0.1, 0.15) is 13.3 Å². The average Bonchev–Trinajstić information content (AvgIpc) is 2.92. The topological polar surface area (TPSA) is 69.6 Å². The molecule has 1 amide bonds. The van der Waals surface area contributed by atoms with E-state index in [1.54, 1.807) is 0 Å². The predicted octanol–water partition coefficient (Wildman–Crippen LogP) is -0.227.